The number of halogens is 1. The first-order valence-corrected chi connectivity index (χ1v) is 10.8. The topological polar surface area (TPSA) is 49.8 Å². The van der Waals surface area contributed by atoms with Crippen molar-refractivity contribution in [2.24, 2.45) is 5.92 Å². The molecule has 0 aromatic heterocycles. The molecule has 5 heteroatoms. The first kappa shape index (κ1) is 21.4. The Morgan fingerprint density at radius 2 is 1.74 bits per heavy atom. The Bertz CT molecular complexity index is 1070. The van der Waals surface area contributed by atoms with E-state index in [-0.39, 0.29) is 30.5 Å². The van der Waals surface area contributed by atoms with Crippen LogP contribution in [0.3, 0.4) is 0 Å². The summed E-state index contributed by atoms with van der Waals surface area (Å²) >= 11 is 6.46. The molecule has 0 bridgehead atoms. The largest absolute Gasteiger partial charge is 0.496 e. The average Bonchev–Trinajstić information content (AvgIpc) is 3.14. The molecule has 0 aliphatic carbocycles. The van der Waals surface area contributed by atoms with Crippen molar-refractivity contribution in [1.29, 1.82) is 0 Å². The van der Waals surface area contributed by atoms with E-state index in [0.29, 0.717) is 10.6 Å². The number of methoxy groups -OCH3 is 1. The summed E-state index contributed by atoms with van der Waals surface area (Å²) in [6, 6.07) is 22.6. The van der Waals surface area contributed by atoms with Gasteiger partial charge in [-0.05, 0) is 47.7 Å². The van der Waals surface area contributed by atoms with Crippen molar-refractivity contribution >= 4 is 17.5 Å². The molecule has 3 aromatic carbocycles. The number of rotatable bonds is 5. The quantitative estimate of drug-likeness (QED) is 0.567. The lowest BCUT2D eigenvalue weighted by molar-refractivity contribution is 0.0568. The fourth-order valence-electron chi connectivity index (χ4n) is 4.53. The van der Waals surface area contributed by atoms with Crippen LogP contribution in [0.1, 0.15) is 35.3 Å². The number of carbonyl (C=O) groups excluding carboxylic acids is 1. The van der Waals surface area contributed by atoms with Crippen LogP contribution in [0.2, 0.25) is 5.02 Å². The molecular formula is C26H26ClNO3. The van der Waals surface area contributed by atoms with Crippen molar-refractivity contribution in [3.05, 3.63) is 88.9 Å². The Balaban J connectivity index is 1.67. The van der Waals surface area contributed by atoms with Crippen molar-refractivity contribution in [2.75, 3.05) is 13.7 Å². The summed E-state index contributed by atoms with van der Waals surface area (Å²) < 4.78 is 5.46. The second-order valence-electron chi connectivity index (χ2n) is 7.99. The Kier molecular flexibility index (Phi) is 6.30. The highest BCUT2D eigenvalue weighted by Gasteiger charge is 2.42. The molecular weight excluding hydrogens is 410 g/mol. The van der Waals surface area contributed by atoms with Gasteiger partial charge in [-0.15, -0.1) is 0 Å². The highest BCUT2D eigenvalue weighted by Crippen LogP contribution is 2.43. The summed E-state index contributed by atoms with van der Waals surface area (Å²) in [4.78, 5) is 15.4. The summed E-state index contributed by atoms with van der Waals surface area (Å²) in [7, 11) is 1.65. The van der Waals surface area contributed by atoms with Gasteiger partial charge >= 0.3 is 0 Å². The fraction of sp³-hybridized carbons (Fsp3) is 0.269. The van der Waals surface area contributed by atoms with Crippen LogP contribution < -0.4 is 4.74 Å². The van der Waals surface area contributed by atoms with Crippen LogP contribution in [0.5, 0.6) is 5.75 Å². The third-order valence-electron chi connectivity index (χ3n) is 6.18. The standard InChI is InChI=1S/C26H26ClNO3/c1-17-15-23(21-8-3-5-9-22(21)27)28(24(17)16-29)26(30)19-13-11-18(12-14-19)20-7-4-6-10-25(20)31-2/h3-14,17,23-24,29H,15-16H2,1-2H3/t17-,23?,24+/m0/s1. The van der Waals surface area contributed by atoms with Crippen LogP contribution in [-0.2, 0) is 0 Å². The lowest BCUT2D eigenvalue weighted by Gasteiger charge is -2.31. The minimum Gasteiger partial charge on any atom is -0.496 e. The predicted octanol–water partition coefficient (Wildman–Crippen LogP) is 5.60. The third-order valence-corrected chi connectivity index (χ3v) is 6.52. The molecule has 3 atom stereocenters. The molecule has 1 unspecified atom stereocenters. The number of amides is 1. The van der Waals surface area contributed by atoms with Gasteiger partial charge in [0.05, 0.1) is 25.8 Å². The Morgan fingerprint density at radius 1 is 1.06 bits per heavy atom. The number of aliphatic hydroxyl groups excluding tert-OH is 1. The van der Waals surface area contributed by atoms with E-state index in [9.17, 15) is 9.90 Å². The second-order valence-corrected chi connectivity index (χ2v) is 8.40. The van der Waals surface area contributed by atoms with Crippen LogP contribution in [0.4, 0.5) is 0 Å². The lowest BCUT2D eigenvalue weighted by Crippen LogP contribution is -2.41. The molecule has 31 heavy (non-hydrogen) atoms. The molecule has 4 rings (SSSR count). The number of carbonyl (C=O) groups is 1. The van der Waals surface area contributed by atoms with E-state index in [4.69, 9.17) is 16.3 Å². The maximum atomic E-state index is 13.6. The van der Waals surface area contributed by atoms with E-state index in [1.807, 2.05) is 77.7 Å². The van der Waals surface area contributed by atoms with Gasteiger partial charge in [-0.3, -0.25) is 4.79 Å². The molecule has 3 aromatic rings. The Labute approximate surface area is 188 Å². The van der Waals surface area contributed by atoms with Gasteiger partial charge in [-0.1, -0.05) is 67.1 Å². The molecule has 1 N–H and O–H groups in total. The van der Waals surface area contributed by atoms with Gasteiger partial charge < -0.3 is 14.7 Å². The zero-order chi connectivity index (χ0) is 22.0. The van der Waals surface area contributed by atoms with Crippen LogP contribution in [0.25, 0.3) is 11.1 Å². The van der Waals surface area contributed by atoms with Crippen LogP contribution >= 0.6 is 11.6 Å². The van der Waals surface area contributed by atoms with E-state index < -0.39 is 0 Å². The number of hydrogen-bond acceptors (Lipinski definition) is 3. The van der Waals surface area contributed by atoms with E-state index >= 15 is 0 Å². The molecule has 160 valence electrons. The van der Waals surface area contributed by atoms with Crippen LogP contribution in [0.15, 0.2) is 72.8 Å². The van der Waals surface area contributed by atoms with Gasteiger partial charge in [0.1, 0.15) is 5.75 Å². The molecule has 1 aliphatic heterocycles. The predicted molar refractivity (Wildman–Crippen MR) is 123 cm³/mol. The number of benzene rings is 3. The lowest BCUT2D eigenvalue weighted by atomic mass is 9.98. The van der Waals surface area contributed by atoms with Gasteiger partial charge in [0.25, 0.3) is 5.91 Å². The minimum atomic E-state index is -0.248. The van der Waals surface area contributed by atoms with Crippen molar-refractivity contribution in [2.45, 2.75) is 25.4 Å². The third kappa shape index (κ3) is 4.06. The molecule has 1 fully saturated rings. The normalized spacial score (nSPS) is 20.6. The molecule has 1 heterocycles. The number of para-hydroxylation sites is 1. The van der Waals surface area contributed by atoms with Gasteiger partial charge in [0, 0.05) is 16.1 Å². The second kappa shape index (κ2) is 9.13. The molecule has 0 radical (unpaired) electrons. The summed E-state index contributed by atoms with van der Waals surface area (Å²) in [6.07, 6.45) is 0.764. The van der Waals surface area contributed by atoms with Gasteiger partial charge in [0.15, 0.2) is 0 Å². The molecule has 4 nitrogen and oxygen atoms in total. The molecule has 1 amide bonds. The molecule has 0 saturated carbocycles. The average molecular weight is 436 g/mol. The summed E-state index contributed by atoms with van der Waals surface area (Å²) in [5.74, 6) is 0.858. The van der Waals surface area contributed by atoms with E-state index in [2.05, 4.69) is 6.92 Å². The van der Waals surface area contributed by atoms with Gasteiger partial charge in [0.2, 0.25) is 0 Å². The molecule has 1 aliphatic rings. The van der Waals surface area contributed by atoms with E-state index in [1.165, 1.54) is 0 Å². The van der Waals surface area contributed by atoms with E-state index in [0.717, 1.165) is 28.9 Å². The number of ether oxygens (including phenoxy) is 1. The smallest absolute Gasteiger partial charge is 0.254 e. The Hall–Kier alpha value is -2.82. The molecule has 1 saturated heterocycles. The number of nitrogens with zero attached hydrogens (tertiary/aromatic N) is 1. The number of aliphatic hydroxyl groups is 1. The van der Waals surface area contributed by atoms with Crippen LogP contribution in [-0.4, -0.2) is 35.7 Å². The zero-order valence-corrected chi connectivity index (χ0v) is 18.4. The minimum absolute atomic E-state index is 0.0762. The molecule has 0 spiro atoms. The zero-order valence-electron chi connectivity index (χ0n) is 17.7. The first-order valence-electron chi connectivity index (χ1n) is 10.5. The monoisotopic (exact) mass is 435 g/mol. The SMILES string of the molecule is COc1ccccc1-c1ccc(C(=O)N2C(c3ccccc3Cl)C[C@H](C)[C@H]2CO)cc1. The van der Waals surface area contributed by atoms with Gasteiger partial charge in [-0.25, -0.2) is 0 Å². The highest BCUT2D eigenvalue weighted by molar-refractivity contribution is 6.31. The van der Waals surface area contributed by atoms with E-state index in [1.54, 1.807) is 7.11 Å². The summed E-state index contributed by atoms with van der Waals surface area (Å²) in [6.45, 7) is 2.00. The van der Waals surface area contributed by atoms with Gasteiger partial charge in [-0.2, -0.15) is 0 Å². The van der Waals surface area contributed by atoms with Crippen LogP contribution in [0, 0.1) is 5.92 Å². The Morgan fingerprint density at radius 3 is 2.42 bits per heavy atom. The number of likely N-dealkylation sites (tertiary alicyclic amines) is 1. The van der Waals surface area contributed by atoms with Crippen molar-refractivity contribution in [1.82, 2.24) is 4.90 Å². The van der Waals surface area contributed by atoms with Crippen molar-refractivity contribution < 1.29 is 14.6 Å². The highest BCUT2D eigenvalue weighted by atomic mass is 35.5. The first-order chi connectivity index (χ1) is 15.0. The maximum Gasteiger partial charge on any atom is 0.254 e. The summed E-state index contributed by atoms with van der Waals surface area (Å²) in [5.41, 5.74) is 3.46. The maximum absolute atomic E-state index is 13.6. The van der Waals surface area contributed by atoms with Crippen molar-refractivity contribution in [3.8, 4) is 16.9 Å². The number of hydrogen-bond donors (Lipinski definition) is 1. The van der Waals surface area contributed by atoms with Crippen molar-refractivity contribution in [3.63, 3.8) is 0 Å². The fourth-order valence-corrected chi connectivity index (χ4v) is 4.80. The summed E-state index contributed by atoms with van der Waals surface area (Å²) in [5, 5.41) is 10.7.